The number of aromatic nitrogens is 1. The lowest BCUT2D eigenvalue weighted by atomic mass is 10.0. The highest BCUT2D eigenvalue weighted by Gasteiger charge is 2.18. The van der Waals surface area contributed by atoms with Gasteiger partial charge in [-0.1, -0.05) is 18.9 Å². The summed E-state index contributed by atoms with van der Waals surface area (Å²) in [5.74, 6) is 1.36. The minimum absolute atomic E-state index is 0.102. The minimum atomic E-state index is 0.102. The molecule has 0 radical (unpaired) electrons. The van der Waals surface area contributed by atoms with Gasteiger partial charge in [0.25, 0.3) is 0 Å². The van der Waals surface area contributed by atoms with E-state index in [1.807, 2.05) is 25.1 Å². The molecule has 0 atom stereocenters. The molecule has 3 nitrogen and oxygen atoms in total. The first-order valence-electron chi connectivity index (χ1n) is 5.97. The van der Waals surface area contributed by atoms with Crippen LogP contribution < -0.4 is 5.32 Å². The summed E-state index contributed by atoms with van der Waals surface area (Å²) >= 11 is 0. The molecule has 0 aliphatic heterocycles. The molecular weight excluding hydrogens is 200 g/mol. The van der Waals surface area contributed by atoms with Crippen LogP contribution >= 0.6 is 0 Å². The average Bonchev–Trinajstić information content (AvgIpc) is 2.70. The van der Waals surface area contributed by atoms with Crippen LogP contribution in [-0.4, -0.2) is 10.9 Å². The summed E-state index contributed by atoms with van der Waals surface area (Å²) in [6.45, 7) is 1.92. The van der Waals surface area contributed by atoms with Crippen molar-refractivity contribution in [2.24, 2.45) is 5.92 Å². The molecule has 1 amide bonds. The third kappa shape index (κ3) is 3.05. The largest absolute Gasteiger partial charge is 0.311 e. The first-order chi connectivity index (χ1) is 7.74. The molecule has 1 aromatic heterocycles. The Bertz CT molecular complexity index is 370. The van der Waals surface area contributed by atoms with E-state index in [1.165, 1.54) is 25.7 Å². The Morgan fingerprint density at radius 3 is 2.88 bits per heavy atom. The van der Waals surface area contributed by atoms with Crippen molar-refractivity contribution in [1.29, 1.82) is 0 Å². The monoisotopic (exact) mass is 218 g/mol. The van der Waals surface area contributed by atoms with Gasteiger partial charge in [-0.2, -0.15) is 0 Å². The predicted octanol–water partition coefficient (Wildman–Crippen LogP) is 2.91. The highest BCUT2D eigenvalue weighted by Crippen LogP contribution is 2.27. The maximum absolute atomic E-state index is 11.7. The SMILES string of the molecule is Cc1cccc(NC(=O)CC2CCCC2)n1. The molecule has 1 aliphatic rings. The van der Waals surface area contributed by atoms with Crippen molar-refractivity contribution < 1.29 is 4.79 Å². The van der Waals surface area contributed by atoms with E-state index in [0.29, 0.717) is 18.2 Å². The van der Waals surface area contributed by atoms with E-state index in [4.69, 9.17) is 0 Å². The van der Waals surface area contributed by atoms with Crippen molar-refractivity contribution in [3.63, 3.8) is 0 Å². The van der Waals surface area contributed by atoms with Gasteiger partial charge in [-0.25, -0.2) is 4.98 Å². The van der Waals surface area contributed by atoms with Gasteiger partial charge in [0.05, 0.1) is 0 Å². The first kappa shape index (κ1) is 11.1. The summed E-state index contributed by atoms with van der Waals surface area (Å²) in [5, 5.41) is 2.86. The van der Waals surface area contributed by atoms with E-state index in [-0.39, 0.29) is 5.91 Å². The number of anilines is 1. The van der Waals surface area contributed by atoms with Crippen molar-refractivity contribution in [3.8, 4) is 0 Å². The highest BCUT2D eigenvalue weighted by molar-refractivity contribution is 5.89. The van der Waals surface area contributed by atoms with Crippen LogP contribution in [0.15, 0.2) is 18.2 Å². The number of nitrogens with one attached hydrogen (secondary N) is 1. The van der Waals surface area contributed by atoms with E-state index in [9.17, 15) is 4.79 Å². The zero-order valence-electron chi connectivity index (χ0n) is 9.70. The van der Waals surface area contributed by atoms with Gasteiger partial charge in [0.1, 0.15) is 5.82 Å². The molecule has 1 heterocycles. The van der Waals surface area contributed by atoms with Crippen LogP contribution in [0.25, 0.3) is 0 Å². The Kier molecular flexibility index (Phi) is 3.54. The van der Waals surface area contributed by atoms with Gasteiger partial charge in [0.2, 0.25) is 5.91 Å². The van der Waals surface area contributed by atoms with Gasteiger partial charge in [-0.15, -0.1) is 0 Å². The fourth-order valence-electron chi connectivity index (χ4n) is 2.28. The summed E-state index contributed by atoms with van der Waals surface area (Å²) in [7, 11) is 0. The Labute approximate surface area is 96.3 Å². The summed E-state index contributed by atoms with van der Waals surface area (Å²) < 4.78 is 0. The molecule has 0 saturated heterocycles. The fourth-order valence-corrected chi connectivity index (χ4v) is 2.28. The first-order valence-corrected chi connectivity index (χ1v) is 5.97. The molecule has 1 aromatic rings. The lowest BCUT2D eigenvalue weighted by molar-refractivity contribution is -0.117. The summed E-state index contributed by atoms with van der Waals surface area (Å²) in [4.78, 5) is 16.0. The van der Waals surface area contributed by atoms with Crippen LogP contribution in [0.3, 0.4) is 0 Å². The van der Waals surface area contributed by atoms with Gasteiger partial charge in [-0.05, 0) is 37.8 Å². The molecule has 1 saturated carbocycles. The molecular formula is C13H18N2O. The van der Waals surface area contributed by atoms with Crippen LogP contribution in [0.2, 0.25) is 0 Å². The molecule has 1 N–H and O–H groups in total. The maximum Gasteiger partial charge on any atom is 0.225 e. The maximum atomic E-state index is 11.7. The smallest absolute Gasteiger partial charge is 0.225 e. The summed E-state index contributed by atoms with van der Waals surface area (Å²) in [6, 6.07) is 5.67. The second kappa shape index (κ2) is 5.10. The molecule has 1 aliphatic carbocycles. The number of aryl methyl sites for hydroxylation is 1. The predicted molar refractivity (Wildman–Crippen MR) is 64.2 cm³/mol. The molecule has 0 bridgehead atoms. The van der Waals surface area contributed by atoms with E-state index < -0.39 is 0 Å². The van der Waals surface area contributed by atoms with Crippen LogP contribution in [0.1, 0.15) is 37.8 Å². The van der Waals surface area contributed by atoms with E-state index in [2.05, 4.69) is 10.3 Å². The molecule has 0 unspecified atom stereocenters. The third-order valence-electron chi connectivity index (χ3n) is 3.10. The number of carbonyl (C=O) groups excluding carboxylic acids is 1. The van der Waals surface area contributed by atoms with Crippen LogP contribution in [0.5, 0.6) is 0 Å². The number of pyridine rings is 1. The number of amides is 1. The quantitative estimate of drug-likeness (QED) is 0.847. The molecule has 0 spiro atoms. The minimum Gasteiger partial charge on any atom is -0.311 e. The third-order valence-corrected chi connectivity index (χ3v) is 3.10. The second-order valence-electron chi connectivity index (χ2n) is 4.57. The number of rotatable bonds is 3. The van der Waals surface area contributed by atoms with Crippen molar-refractivity contribution in [1.82, 2.24) is 4.98 Å². The van der Waals surface area contributed by atoms with Crippen LogP contribution in [0.4, 0.5) is 5.82 Å². The lowest BCUT2D eigenvalue weighted by Crippen LogP contribution is -2.16. The Morgan fingerprint density at radius 1 is 1.44 bits per heavy atom. The van der Waals surface area contributed by atoms with E-state index in [0.717, 1.165) is 5.69 Å². The number of nitrogens with zero attached hydrogens (tertiary/aromatic N) is 1. The molecule has 16 heavy (non-hydrogen) atoms. The van der Waals surface area contributed by atoms with Gasteiger partial charge in [0.15, 0.2) is 0 Å². The molecule has 2 rings (SSSR count). The van der Waals surface area contributed by atoms with Gasteiger partial charge < -0.3 is 5.32 Å². The highest BCUT2D eigenvalue weighted by atomic mass is 16.1. The van der Waals surface area contributed by atoms with Gasteiger partial charge >= 0.3 is 0 Å². The second-order valence-corrected chi connectivity index (χ2v) is 4.57. The fraction of sp³-hybridized carbons (Fsp3) is 0.538. The van der Waals surface area contributed by atoms with E-state index >= 15 is 0 Å². The zero-order valence-corrected chi connectivity index (χ0v) is 9.70. The van der Waals surface area contributed by atoms with E-state index in [1.54, 1.807) is 0 Å². The summed E-state index contributed by atoms with van der Waals surface area (Å²) in [6.07, 6.45) is 5.61. The van der Waals surface area contributed by atoms with Crippen molar-refractivity contribution >= 4 is 11.7 Å². The Balaban J connectivity index is 1.86. The van der Waals surface area contributed by atoms with Crippen LogP contribution in [-0.2, 0) is 4.79 Å². The topological polar surface area (TPSA) is 42.0 Å². The van der Waals surface area contributed by atoms with Crippen molar-refractivity contribution in [2.75, 3.05) is 5.32 Å². The summed E-state index contributed by atoms with van der Waals surface area (Å²) in [5.41, 5.74) is 0.929. The molecule has 3 heteroatoms. The van der Waals surface area contributed by atoms with Crippen molar-refractivity contribution in [2.45, 2.75) is 39.0 Å². The average molecular weight is 218 g/mol. The van der Waals surface area contributed by atoms with Crippen LogP contribution in [0, 0.1) is 12.8 Å². The number of hydrogen-bond acceptors (Lipinski definition) is 2. The zero-order chi connectivity index (χ0) is 11.4. The van der Waals surface area contributed by atoms with Crippen molar-refractivity contribution in [3.05, 3.63) is 23.9 Å². The molecule has 86 valence electrons. The Morgan fingerprint density at radius 2 is 2.19 bits per heavy atom. The number of hydrogen-bond donors (Lipinski definition) is 1. The normalized spacial score (nSPS) is 16.3. The van der Waals surface area contributed by atoms with Gasteiger partial charge in [-0.3, -0.25) is 4.79 Å². The standard InChI is InChI=1S/C13H18N2O/c1-10-5-4-8-12(14-10)15-13(16)9-11-6-2-3-7-11/h4-5,8,11H,2-3,6-7,9H2,1H3,(H,14,15,16). The van der Waals surface area contributed by atoms with Gasteiger partial charge in [0, 0.05) is 12.1 Å². The Hall–Kier alpha value is -1.38. The molecule has 1 fully saturated rings. The number of carbonyl (C=O) groups is 1. The molecule has 0 aromatic carbocycles. The lowest BCUT2D eigenvalue weighted by Gasteiger charge is -2.09.